The molecule has 2 aliphatic rings. The zero-order valence-electron chi connectivity index (χ0n) is 17.1. The van der Waals surface area contributed by atoms with Crippen LogP contribution in [0.15, 0.2) is 52.1 Å². The molecule has 1 aliphatic carbocycles. The first-order valence-corrected chi connectivity index (χ1v) is 11.2. The molecule has 152 valence electrons. The van der Waals surface area contributed by atoms with Crippen molar-refractivity contribution in [1.29, 1.82) is 0 Å². The van der Waals surface area contributed by atoms with Gasteiger partial charge in [0.15, 0.2) is 0 Å². The first-order chi connectivity index (χ1) is 14.5. The number of imidazole rings is 1. The lowest BCUT2D eigenvalue weighted by Gasteiger charge is -2.15. The van der Waals surface area contributed by atoms with Crippen molar-refractivity contribution in [1.82, 2.24) is 14.5 Å². The fourth-order valence-electron chi connectivity index (χ4n) is 4.29. The molecule has 6 heteroatoms. The molecule has 1 fully saturated rings. The van der Waals surface area contributed by atoms with Gasteiger partial charge in [-0.15, -0.1) is 0 Å². The number of pyridine rings is 1. The van der Waals surface area contributed by atoms with Crippen LogP contribution < -0.4 is 0 Å². The molecule has 30 heavy (non-hydrogen) atoms. The predicted octanol–water partition coefficient (Wildman–Crippen LogP) is 5.48. The Bertz CT molecular complexity index is 1160. The van der Waals surface area contributed by atoms with Crippen molar-refractivity contribution in [2.75, 3.05) is 0 Å². The summed E-state index contributed by atoms with van der Waals surface area (Å²) in [6.07, 6.45) is 5.31. The minimum atomic E-state index is -0.191. The Hall–Kier alpha value is -2.60. The monoisotopic (exact) mass is 462 g/mol. The Morgan fingerprint density at radius 2 is 2.07 bits per heavy atom. The van der Waals surface area contributed by atoms with E-state index < -0.39 is 0 Å². The Kier molecular flexibility index (Phi) is 4.89. The first-order valence-electron chi connectivity index (χ1n) is 10.4. The predicted molar refractivity (Wildman–Crippen MR) is 121 cm³/mol. The number of hydrogen-bond donors (Lipinski definition) is 0. The molecule has 1 saturated carbocycles. The summed E-state index contributed by atoms with van der Waals surface area (Å²) in [6.45, 7) is 3.73. The van der Waals surface area contributed by atoms with Crippen molar-refractivity contribution >= 4 is 27.4 Å². The number of ketones is 1. The summed E-state index contributed by atoms with van der Waals surface area (Å²) in [5, 5.41) is 0. The van der Waals surface area contributed by atoms with Crippen LogP contribution in [0, 0.1) is 6.92 Å². The smallest absolute Gasteiger partial charge is 0.138 e. The van der Waals surface area contributed by atoms with Crippen LogP contribution in [0.3, 0.4) is 0 Å². The lowest BCUT2D eigenvalue weighted by Crippen LogP contribution is -2.10. The van der Waals surface area contributed by atoms with Gasteiger partial charge in [0.2, 0.25) is 0 Å². The number of benzene rings is 1. The van der Waals surface area contributed by atoms with Crippen LogP contribution in [0.5, 0.6) is 0 Å². The van der Waals surface area contributed by atoms with E-state index in [0.29, 0.717) is 18.8 Å². The van der Waals surface area contributed by atoms with Crippen LogP contribution in [-0.2, 0) is 4.79 Å². The molecule has 1 atom stereocenters. The number of aliphatic imine (C=N–C) groups is 1. The molecule has 0 radical (unpaired) electrons. The number of halogens is 1. The summed E-state index contributed by atoms with van der Waals surface area (Å²) >= 11 is 3.64. The van der Waals surface area contributed by atoms with Gasteiger partial charge in [0, 0.05) is 34.3 Å². The summed E-state index contributed by atoms with van der Waals surface area (Å²) in [5.41, 5.74) is 6.18. The number of aromatic nitrogens is 3. The molecule has 0 bridgehead atoms. The topological polar surface area (TPSA) is 60.1 Å². The van der Waals surface area contributed by atoms with Crippen LogP contribution in [0.2, 0.25) is 0 Å². The molecule has 0 N–H and O–H groups in total. The molecule has 5 nitrogen and oxygen atoms in total. The lowest BCUT2D eigenvalue weighted by atomic mass is 10.0. The molecule has 1 aliphatic heterocycles. The van der Waals surface area contributed by atoms with Crippen molar-refractivity contribution in [2.45, 2.75) is 51.5 Å². The molecular formula is C24H23BrN4O. The molecule has 5 rings (SSSR count). The normalized spacial score (nSPS) is 17.7. The van der Waals surface area contributed by atoms with E-state index in [0.717, 1.165) is 38.6 Å². The second-order valence-electron chi connectivity index (χ2n) is 8.16. The van der Waals surface area contributed by atoms with Crippen LogP contribution in [0.25, 0.3) is 5.69 Å². The molecule has 0 spiro atoms. The third-order valence-corrected chi connectivity index (χ3v) is 6.30. The molecule has 3 aromatic rings. The van der Waals surface area contributed by atoms with Gasteiger partial charge in [-0.2, -0.15) is 0 Å². The van der Waals surface area contributed by atoms with E-state index in [4.69, 9.17) is 9.98 Å². The second-order valence-corrected chi connectivity index (χ2v) is 9.08. The Morgan fingerprint density at radius 1 is 1.23 bits per heavy atom. The number of aryl methyl sites for hydroxylation is 1. The minimum absolute atomic E-state index is 0.173. The number of carbonyl (C=O) groups is 1. The maximum absolute atomic E-state index is 11.8. The average molecular weight is 463 g/mol. The van der Waals surface area contributed by atoms with Crippen molar-refractivity contribution in [3.63, 3.8) is 0 Å². The Balaban J connectivity index is 1.78. The van der Waals surface area contributed by atoms with Crippen LogP contribution in [-0.4, -0.2) is 26.0 Å². The van der Waals surface area contributed by atoms with Crippen LogP contribution >= 0.6 is 15.9 Å². The van der Waals surface area contributed by atoms with Crippen molar-refractivity contribution in [2.24, 2.45) is 4.99 Å². The number of carbonyl (C=O) groups excluding carboxylic acids is 1. The van der Waals surface area contributed by atoms with Gasteiger partial charge in [-0.05, 0) is 63.4 Å². The SMILES string of the molecule is CC(=O)CC[C@@H]1N=C(c2ccccn2)c2cc(Br)ccc2-n2c1nc(C)c2C1CC1. The zero-order chi connectivity index (χ0) is 20.8. The van der Waals surface area contributed by atoms with E-state index in [1.165, 1.54) is 18.5 Å². The average Bonchev–Trinajstić information content (AvgIpc) is 3.52. The highest BCUT2D eigenvalue weighted by molar-refractivity contribution is 9.10. The first kappa shape index (κ1) is 19.4. The molecule has 2 aromatic heterocycles. The fourth-order valence-corrected chi connectivity index (χ4v) is 4.65. The van der Waals surface area contributed by atoms with Gasteiger partial charge in [0.25, 0.3) is 0 Å². The molecule has 3 heterocycles. The molecular weight excluding hydrogens is 440 g/mol. The number of Topliss-reactive ketones (excluding diaryl/α,β-unsaturated/α-hetero) is 1. The van der Waals surface area contributed by atoms with Crippen molar-refractivity contribution < 1.29 is 4.79 Å². The number of nitrogens with zero attached hydrogens (tertiary/aromatic N) is 4. The summed E-state index contributed by atoms with van der Waals surface area (Å²) in [6, 6.07) is 12.0. The van der Waals surface area contributed by atoms with Gasteiger partial charge in [0.1, 0.15) is 17.6 Å². The van der Waals surface area contributed by atoms with E-state index in [2.05, 4.69) is 50.6 Å². The third-order valence-electron chi connectivity index (χ3n) is 5.80. The largest absolute Gasteiger partial charge is 0.300 e. The van der Waals surface area contributed by atoms with Gasteiger partial charge >= 0.3 is 0 Å². The highest BCUT2D eigenvalue weighted by Gasteiger charge is 2.35. The molecule has 1 aromatic carbocycles. The molecule has 0 amide bonds. The van der Waals surface area contributed by atoms with Crippen molar-refractivity contribution in [3.05, 3.63) is 75.5 Å². The summed E-state index contributed by atoms with van der Waals surface area (Å²) in [7, 11) is 0. The van der Waals surface area contributed by atoms with Gasteiger partial charge in [0.05, 0.1) is 22.8 Å². The minimum Gasteiger partial charge on any atom is -0.300 e. The van der Waals surface area contributed by atoms with E-state index in [-0.39, 0.29) is 11.8 Å². The van der Waals surface area contributed by atoms with Gasteiger partial charge < -0.3 is 4.79 Å². The summed E-state index contributed by atoms with van der Waals surface area (Å²) in [4.78, 5) is 26.6. The van der Waals surface area contributed by atoms with E-state index >= 15 is 0 Å². The zero-order valence-corrected chi connectivity index (χ0v) is 18.7. The van der Waals surface area contributed by atoms with E-state index in [1.54, 1.807) is 13.1 Å². The lowest BCUT2D eigenvalue weighted by molar-refractivity contribution is -0.117. The highest BCUT2D eigenvalue weighted by atomic mass is 79.9. The maximum atomic E-state index is 11.8. The number of hydrogen-bond acceptors (Lipinski definition) is 4. The van der Waals surface area contributed by atoms with Crippen LogP contribution in [0.1, 0.15) is 73.0 Å². The highest BCUT2D eigenvalue weighted by Crippen LogP contribution is 2.45. The number of fused-ring (bicyclic) bond motifs is 3. The van der Waals surface area contributed by atoms with Gasteiger partial charge in [-0.1, -0.05) is 22.0 Å². The number of rotatable bonds is 5. The van der Waals surface area contributed by atoms with Gasteiger partial charge in [-0.25, -0.2) is 4.98 Å². The van der Waals surface area contributed by atoms with Crippen molar-refractivity contribution in [3.8, 4) is 5.69 Å². The summed E-state index contributed by atoms with van der Waals surface area (Å²) < 4.78 is 3.32. The maximum Gasteiger partial charge on any atom is 0.138 e. The second kappa shape index (κ2) is 7.58. The molecule has 0 unspecified atom stereocenters. The standard InChI is InChI=1S/C24H23BrN4O/c1-14(30)6-10-20-24-27-15(2)23(16-7-8-16)29(24)21-11-9-17(25)13-18(21)22(28-20)19-5-3-4-12-26-19/h3-5,9,11-13,16,20H,6-8,10H2,1-2H3/t20-/m0/s1. The van der Waals surface area contributed by atoms with E-state index in [1.807, 2.05) is 18.2 Å². The fraction of sp³-hybridized carbons (Fsp3) is 0.333. The van der Waals surface area contributed by atoms with Crippen LogP contribution in [0.4, 0.5) is 0 Å². The van der Waals surface area contributed by atoms with E-state index in [9.17, 15) is 4.79 Å². The summed E-state index contributed by atoms with van der Waals surface area (Å²) in [5.74, 6) is 1.66. The Labute approximate surface area is 184 Å². The third kappa shape index (κ3) is 3.43. The molecule has 0 saturated heterocycles. The Morgan fingerprint density at radius 3 is 2.77 bits per heavy atom. The van der Waals surface area contributed by atoms with Gasteiger partial charge in [-0.3, -0.25) is 14.5 Å². The quantitative estimate of drug-likeness (QED) is 0.504.